The van der Waals surface area contributed by atoms with E-state index in [9.17, 15) is 4.79 Å². The largest absolute Gasteiger partial charge is 0.486 e. The molecule has 0 unspecified atom stereocenters. The Hall–Kier alpha value is -1.71. The topological polar surface area (TPSA) is 47.6 Å². The molecule has 1 atom stereocenters. The summed E-state index contributed by atoms with van der Waals surface area (Å²) in [6.45, 7) is 3.87. The molecule has 4 nitrogen and oxygen atoms in total. The average molecular weight is 275 g/mol. The van der Waals surface area contributed by atoms with E-state index in [4.69, 9.17) is 9.47 Å². The van der Waals surface area contributed by atoms with E-state index in [1.165, 1.54) is 11.1 Å². The van der Waals surface area contributed by atoms with Crippen LogP contribution < -0.4 is 14.8 Å². The van der Waals surface area contributed by atoms with Gasteiger partial charge in [-0.05, 0) is 36.8 Å². The van der Waals surface area contributed by atoms with Gasteiger partial charge in [0, 0.05) is 18.5 Å². The molecule has 0 bridgehead atoms. The molecule has 1 aliphatic carbocycles. The Morgan fingerprint density at radius 2 is 2.20 bits per heavy atom. The highest BCUT2D eigenvalue weighted by Crippen LogP contribution is 2.46. The van der Waals surface area contributed by atoms with E-state index in [1.807, 2.05) is 13.0 Å². The van der Waals surface area contributed by atoms with Crippen molar-refractivity contribution >= 4 is 5.91 Å². The van der Waals surface area contributed by atoms with Gasteiger partial charge in [-0.3, -0.25) is 4.79 Å². The van der Waals surface area contributed by atoms with Crippen molar-refractivity contribution in [1.82, 2.24) is 5.32 Å². The van der Waals surface area contributed by atoms with Crippen LogP contribution in [0.2, 0.25) is 0 Å². The summed E-state index contributed by atoms with van der Waals surface area (Å²) in [5, 5.41) is 2.96. The van der Waals surface area contributed by atoms with Gasteiger partial charge in [0.25, 0.3) is 0 Å². The second-order valence-electron chi connectivity index (χ2n) is 5.39. The van der Waals surface area contributed by atoms with Gasteiger partial charge in [0.1, 0.15) is 13.2 Å². The van der Waals surface area contributed by atoms with Gasteiger partial charge in [0.2, 0.25) is 5.91 Å². The van der Waals surface area contributed by atoms with Crippen molar-refractivity contribution in [1.29, 1.82) is 0 Å². The zero-order valence-corrected chi connectivity index (χ0v) is 11.9. The van der Waals surface area contributed by atoms with Gasteiger partial charge in [-0.2, -0.15) is 0 Å². The molecule has 0 spiro atoms. The Kier molecular flexibility index (Phi) is 3.81. The number of ether oxygens (including phenoxy) is 2. The Morgan fingerprint density at radius 1 is 1.35 bits per heavy atom. The second kappa shape index (κ2) is 5.73. The molecule has 1 aliphatic heterocycles. The summed E-state index contributed by atoms with van der Waals surface area (Å²) >= 11 is 0. The number of aryl methyl sites for hydroxylation is 1. The normalized spacial score (nSPS) is 19.6. The van der Waals surface area contributed by atoms with Crippen LogP contribution in [0, 0.1) is 0 Å². The van der Waals surface area contributed by atoms with Gasteiger partial charge in [0.05, 0.1) is 0 Å². The highest BCUT2D eigenvalue weighted by molar-refractivity contribution is 5.75. The van der Waals surface area contributed by atoms with Gasteiger partial charge in [0.15, 0.2) is 11.5 Å². The van der Waals surface area contributed by atoms with E-state index in [0.717, 1.165) is 37.3 Å². The van der Waals surface area contributed by atoms with Crippen LogP contribution in [0.3, 0.4) is 0 Å². The van der Waals surface area contributed by atoms with Crippen molar-refractivity contribution in [3.63, 3.8) is 0 Å². The van der Waals surface area contributed by atoms with Crippen molar-refractivity contribution in [3.8, 4) is 11.5 Å². The van der Waals surface area contributed by atoms with Crippen LogP contribution in [0.1, 0.15) is 43.2 Å². The first kappa shape index (κ1) is 13.3. The lowest BCUT2D eigenvalue weighted by Crippen LogP contribution is -2.24. The minimum absolute atomic E-state index is 0.123. The molecule has 0 radical (unpaired) electrons. The number of hydrogen-bond acceptors (Lipinski definition) is 3. The van der Waals surface area contributed by atoms with Gasteiger partial charge < -0.3 is 14.8 Å². The summed E-state index contributed by atoms with van der Waals surface area (Å²) in [7, 11) is 0. The van der Waals surface area contributed by atoms with Crippen LogP contribution >= 0.6 is 0 Å². The van der Waals surface area contributed by atoms with E-state index in [-0.39, 0.29) is 5.91 Å². The molecule has 108 valence electrons. The Labute approximate surface area is 119 Å². The number of rotatable bonds is 4. The molecule has 4 heteroatoms. The highest BCUT2D eigenvalue weighted by Gasteiger charge is 2.29. The maximum atomic E-state index is 11.3. The first-order valence-electron chi connectivity index (χ1n) is 7.47. The summed E-state index contributed by atoms with van der Waals surface area (Å²) in [4.78, 5) is 11.3. The lowest BCUT2D eigenvalue weighted by atomic mass is 9.96. The molecule has 1 N–H and O–H groups in total. The molecule has 3 rings (SSSR count). The summed E-state index contributed by atoms with van der Waals surface area (Å²) < 4.78 is 11.5. The van der Waals surface area contributed by atoms with Crippen LogP contribution in [-0.4, -0.2) is 25.7 Å². The molecule has 0 aromatic heterocycles. The third-order valence-corrected chi connectivity index (χ3v) is 4.14. The average Bonchev–Trinajstić information content (AvgIpc) is 2.91. The van der Waals surface area contributed by atoms with Gasteiger partial charge in [-0.1, -0.05) is 13.0 Å². The lowest BCUT2D eigenvalue weighted by Gasteiger charge is -2.23. The first-order valence-corrected chi connectivity index (χ1v) is 7.47. The number of carbonyl (C=O) groups excluding carboxylic acids is 1. The molecule has 1 amide bonds. The number of fused-ring (bicyclic) bond motifs is 3. The summed E-state index contributed by atoms with van der Waals surface area (Å²) in [5.41, 5.74) is 2.69. The molecule has 1 aromatic carbocycles. The third kappa shape index (κ3) is 2.47. The van der Waals surface area contributed by atoms with Crippen LogP contribution in [-0.2, 0) is 11.2 Å². The molecule has 1 aromatic rings. The van der Waals surface area contributed by atoms with E-state index in [2.05, 4.69) is 11.4 Å². The number of carbonyl (C=O) groups is 1. The molecular formula is C16H21NO3. The van der Waals surface area contributed by atoms with Crippen molar-refractivity contribution < 1.29 is 14.3 Å². The molecule has 2 aliphatic rings. The predicted octanol–water partition coefficient (Wildman–Crippen LogP) is 2.40. The zero-order chi connectivity index (χ0) is 13.9. The van der Waals surface area contributed by atoms with E-state index < -0.39 is 0 Å². The maximum absolute atomic E-state index is 11.3. The van der Waals surface area contributed by atoms with Crippen molar-refractivity contribution in [3.05, 3.63) is 23.3 Å². The Balaban J connectivity index is 1.73. The lowest BCUT2D eigenvalue weighted by molar-refractivity contribution is -0.120. The monoisotopic (exact) mass is 275 g/mol. The smallest absolute Gasteiger partial charge is 0.219 e. The minimum atomic E-state index is 0.123. The fourth-order valence-corrected chi connectivity index (χ4v) is 3.12. The van der Waals surface area contributed by atoms with Gasteiger partial charge >= 0.3 is 0 Å². The molecule has 0 saturated heterocycles. The summed E-state index contributed by atoms with van der Waals surface area (Å²) in [6.07, 6.45) is 3.75. The van der Waals surface area contributed by atoms with Crippen LogP contribution in [0.4, 0.5) is 0 Å². The van der Waals surface area contributed by atoms with E-state index in [0.29, 0.717) is 25.6 Å². The fraction of sp³-hybridized carbons (Fsp3) is 0.562. The third-order valence-electron chi connectivity index (χ3n) is 4.14. The number of benzene rings is 1. The molecule has 20 heavy (non-hydrogen) atoms. The minimum Gasteiger partial charge on any atom is -0.486 e. The zero-order valence-electron chi connectivity index (χ0n) is 11.9. The summed E-state index contributed by atoms with van der Waals surface area (Å²) in [5.74, 6) is 2.41. The van der Waals surface area contributed by atoms with E-state index >= 15 is 0 Å². The Morgan fingerprint density at radius 3 is 3.05 bits per heavy atom. The van der Waals surface area contributed by atoms with Crippen molar-refractivity contribution in [2.45, 2.75) is 38.5 Å². The SMILES string of the molecule is CCC(=O)NCC[C@@H]1CCc2ccc3c(c21)OCCO3. The maximum Gasteiger partial charge on any atom is 0.219 e. The molecule has 0 fully saturated rings. The van der Waals surface area contributed by atoms with Crippen LogP contribution in [0.5, 0.6) is 11.5 Å². The fourth-order valence-electron chi connectivity index (χ4n) is 3.12. The van der Waals surface area contributed by atoms with E-state index in [1.54, 1.807) is 0 Å². The second-order valence-corrected chi connectivity index (χ2v) is 5.39. The van der Waals surface area contributed by atoms with Crippen LogP contribution in [0.25, 0.3) is 0 Å². The number of nitrogens with one attached hydrogen (secondary N) is 1. The molecular weight excluding hydrogens is 254 g/mol. The van der Waals surface area contributed by atoms with Crippen LogP contribution in [0.15, 0.2) is 12.1 Å². The van der Waals surface area contributed by atoms with Crippen molar-refractivity contribution in [2.75, 3.05) is 19.8 Å². The molecule has 1 heterocycles. The van der Waals surface area contributed by atoms with Gasteiger partial charge in [-0.25, -0.2) is 0 Å². The Bertz CT molecular complexity index is 513. The first-order chi connectivity index (χ1) is 9.79. The standard InChI is InChI=1S/C16H21NO3/c1-2-14(18)17-8-7-12-4-3-11-5-6-13-16(15(11)12)20-10-9-19-13/h5-6,12H,2-4,7-10H2,1H3,(H,17,18)/t12-/m0/s1. The van der Waals surface area contributed by atoms with Gasteiger partial charge in [-0.15, -0.1) is 0 Å². The van der Waals surface area contributed by atoms with Crippen molar-refractivity contribution in [2.24, 2.45) is 0 Å². The highest BCUT2D eigenvalue weighted by atomic mass is 16.6. The number of hydrogen-bond donors (Lipinski definition) is 1. The quantitative estimate of drug-likeness (QED) is 0.918. The molecule has 0 saturated carbocycles. The number of amides is 1. The summed E-state index contributed by atoms with van der Waals surface area (Å²) in [6, 6.07) is 4.18. The predicted molar refractivity (Wildman–Crippen MR) is 76.4 cm³/mol.